The van der Waals surface area contributed by atoms with Crippen LogP contribution in [0.5, 0.6) is 6.01 Å². The lowest BCUT2D eigenvalue weighted by molar-refractivity contribution is 0.292. The third kappa shape index (κ3) is 5.06. The minimum Gasteiger partial charge on any atom is -0.467 e. The zero-order valence-electron chi connectivity index (χ0n) is 17.7. The molecule has 0 aliphatic carbocycles. The van der Waals surface area contributed by atoms with E-state index in [-0.39, 0.29) is 16.0 Å². The molecule has 2 unspecified atom stereocenters. The van der Waals surface area contributed by atoms with Gasteiger partial charge in [-0.2, -0.15) is 9.97 Å². The fourth-order valence-corrected chi connectivity index (χ4v) is 5.27. The molecule has 3 aliphatic rings. The Balaban J connectivity index is 0.000000212. The van der Waals surface area contributed by atoms with E-state index in [2.05, 4.69) is 35.7 Å². The van der Waals surface area contributed by atoms with Crippen molar-refractivity contribution in [3.8, 4) is 6.01 Å². The van der Waals surface area contributed by atoms with Crippen LogP contribution in [0, 0.1) is 5.82 Å². The summed E-state index contributed by atoms with van der Waals surface area (Å²) in [7, 11) is 1.48. The first-order valence-electron chi connectivity index (χ1n) is 11.0. The fraction of sp³-hybridized carbons (Fsp3) is 0.636. The number of aromatic nitrogens is 2. The third-order valence-electron chi connectivity index (χ3n) is 6.33. The Morgan fingerprint density at radius 2 is 1.87 bits per heavy atom. The zero-order chi connectivity index (χ0) is 22.0. The molecule has 9 heteroatoms. The quantitative estimate of drug-likeness (QED) is 0.473. The van der Waals surface area contributed by atoms with Gasteiger partial charge in [-0.15, -0.1) is 0 Å². The first-order valence-corrected chi connectivity index (χ1v) is 12.2. The topological polar surface area (TPSA) is 41.5 Å². The Morgan fingerprint density at radius 3 is 2.55 bits per heavy atom. The van der Waals surface area contributed by atoms with Crippen LogP contribution in [0.2, 0.25) is 5.02 Å². The highest BCUT2D eigenvalue weighted by Gasteiger charge is 2.34. The molecule has 3 fully saturated rings. The molecule has 3 saturated heterocycles. The first-order chi connectivity index (χ1) is 15.0. The van der Waals surface area contributed by atoms with E-state index in [0.29, 0.717) is 28.8 Å². The van der Waals surface area contributed by atoms with Crippen molar-refractivity contribution in [2.24, 2.45) is 0 Å². The summed E-state index contributed by atoms with van der Waals surface area (Å²) in [6.45, 7) is 3.64. The van der Waals surface area contributed by atoms with Crippen LogP contribution in [0.25, 0.3) is 10.9 Å². The van der Waals surface area contributed by atoms with Crippen molar-refractivity contribution >= 4 is 44.3 Å². The Bertz CT molecular complexity index is 914. The molecule has 1 aromatic heterocycles. The Kier molecular flexibility index (Phi) is 7.49. The molecule has 1 aromatic carbocycles. The lowest BCUT2D eigenvalue weighted by Crippen LogP contribution is -2.25. The number of methoxy groups -OCH3 is 1. The molecule has 5 rings (SSSR count). The highest BCUT2D eigenvalue weighted by atomic mass is 79.9. The number of hydrogen-bond donors (Lipinski definition) is 0. The average Bonchev–Trinajstić information content (AvgIpc) is 3.22. The zero-order valence-corrected chi connectivity index (χ0v) is 20.1. The molecule has 0 spiro atoms. The van der Waals surface area contributed by atoms with Gasteiger partial charge in [-0.3, -0.25) is 4.90 Å². The summed E-state index contributed by atoms with van der Waals surface area (Å²) in [6, 6.07) is 2.49. The van der Waals surface area contributed by atoms with Crippen LogP contribution < -0.4 is 9.64 Å². The number of anilines is 1. The van der Waals surface area contributed by atoms with Crippen LogP contribution in [0.1, 0.15) is 44.9 Å². The smallest absolute Gasteiger partial charge is 0.318 e. The Morgan fingerprint density at radius 1 is 1.13 bits per heavy atom. The number of benzene rings is 1. The maximum absolute atomic E-state index is 14.5. The number of halogens is 4. The lowest BCUT2D eigenvalue weighted by atomic mass is 10.1. The number of nitrogens with zero attached hydrogens (tertiary/aromatic N) is 4. The van der Waals surface area contributed by atoms with E-state index in [4.69, 9.17) is 16.3 Å². The molecule has 0 N–H and O–H groups in total. The predicted octanol–water partition coefficient (Wildman–Crippen LogP) is 5.77. The van der Waals surface area contributed by atoms with Crippen LogP contribution in [-0.2, 0) is 0 Å². The van der Waals surface area contributed by atoms with Crippen molar-refractivity contribution in [2.45, 2.75) is 57.2 Å². The fourth-order valence-electron chi connectivity index (χ4n) is 4.78. The number of alkyl halides is 1. The summed E-state index contributed by atoms with van der Waals surface area (Å²) >= 11 is 9.28. The van der Waals surface area contributed by atoms with Gasteiger partial charge >= 0.3 is 6.01 Å². The van der Waals surface area contributed by atoms with Gasteiger partial charge in [0.1, 0.15) is 17.5 Å². The molecular weight excluding hydrogens is 490 g/mol. The monoisotopic (exact) mass is 516 g/mol. The maximum atomic E-state index is 14.5. The van der Waals surface area contributed by atoms with Crippen LogP contribution in [0.3, 0.4) is 0 Å². The molecule has 4 heterocycles. The van der Waals surface area contributed by atoms with Crippen LogP contribution >= 0.6 is 27.5 Å². The summed E-state index contributed by atoms with van der Waals surface area (Å²) in [5.74, 6) is 0.205. The minimum atomic E-state index is -0.518. The molecule has 0 radical (unpaired) electrons. The van der Waals surface area contributed by atoms with Gasteiger partial charge in [0, 0.05) is 31.1 Å². The summed E-state index contributed by atoms with van der Waals surface area (Å²) in [4.78, 5) is 13.1. The summed E-state index contributed by atoms with van der Waals surface area (Å²) in [6.07, 6.45) is 7.42. The second-order valence-corrected chi connectivity index (χ2v) is 9.64. The van der Waals surface area contributed by atoms with E-state index in [0.717, 1.165) is 38.9 Å². The molecular formula is C22H28BrClF2N4O. The van der Waals surface area contributed by atoms with Crippen LogP contribution in [-0.4, -0.2) is 60.4 Å². The van der Waals surface area contributed by atoms with Gasteiger partial charge in [-0.05, 0) is 60.6 Å². The van der Waals surface area contributed by atoms with Crippen molar-refractivity contribution < 1.29 is 13.5 Å². The third-order valence-corrected chi connectivity index (χ3v) is 7.64. The van der Waals surface area contributed by atoms with E-state index in [1.807, 2.05) is 0 Å². The molecule has 31 heavy (non-hydrogen) atoms. The molecule has 2 aromatic rings. The number of rotatable bonds is 2. The second kappa shape index (κ2) is 10.1. The van der Waals surface area contributed by atoms with Gasteiger partial charge in [0.25, 0.3) is 0 Å². The van der Waals surface area contributed by atoms with Crippen molar-refractivity contribution in [1.29, 1.82) is 0 Å². The van der Waals surface area contributed by atoms with Gasteiger partial charge in [-0.25, -0.2) is 8.78 Å². The number of fused-ring (bicyclic) bond motifs is 2. The van der Waals surface area contributed by atoms with Gasteiger partial charge in [0.15, 0.2) is 5.82 Å². The molecule has 3 aliphatic heterocycles. The van der Waals surface area contributed by atoms with E-state index in [1.54, 1.807) is 6.07 Å². The summed E-state index contributed by atoms with van der Waals surface area (Å²) in [5, 5.41) is 0.934. The average molecular weight is 518 g/mol. The molecule has 0 amide bonds. The Labute approximate surface area is 195 Å². The van der Waals surface area contributed by atoms with Crippen LogP contribution in [0.4, 0.5) is 14.6 Å². The first kappa shape index (κ1) is 22.9. The minimum absolute atomic E-state index is 0.167. The summed E-state index contributed by atoms with van der Waals surface area (Å²) in [5.41, 5.74) is 0.224. The van der Waals surface area contributed by atoms with Gasteiger partial charge < -0.3 is 9.64 Å². The number of hydrogen-bond acceptors (Lipinski definition) is 5. The van der Waals surface area contributed by atoms with E-state index in [1.165, 1.54) is 32.8 Å². The van der Waals surface area contributed by atoms with Gasteiger partial charge in [0.2, 0.25) is 0 Å². The van der Waals surface area contributed by atoms with E-state index >= 15 is 0 Å². The summed E-state index contributed by atoms with van der Waals surface area (Å²) < 4.78 is 32.5. The second-order valence-electron chi connectivity index (χ2n) is 8.44. The standard InChI is InChI=1S/C15H16BrClFN3O.C7H12FN/c1-22-15-19-13-9(8-10(17)11(16)12(13)18)14(20-15)21-6-4-2-3-5-7-21;8-6-4-7-2-1-3-9(7)5-6/h8H,2-7H2,1H3;6-7H,1-5H2. The van der Waals surface area contributed by atoms with Crippen molar-refractivity contribution in [3.05, 3.63) is 21.4 Å². The molecule has 0 bridgehead atoms. The SMILES string of the molecule is COc1nc(N2CCCCCC2)c2cc(Cl)c(Br)c(F)c2n1.FC1CC2CCCN2C1. The van der Waals surface area contributed by atoms with Crippen molar-refractivity contribution in [1.82, 2.24) is 14.9 Å². The van der Waals surface area contributed by atoms with Crippen molar-refractivity contribution in [3.63, 3.8) is 0 Å². The van der Waals surface area contributed by atoms with Gasteiger partial charge in [0.05, 0.1) is 16.6 Å². The molecule has 2 atom stereocenters. The lowest BCUT2D eigenvalue weighted by Gasteiger charge is -2.23. The highest BCUT2D eigenvalue weighted by Crippen LogP contribution is 2.36. The maximum Gasteiger partial charge on any atom is 0.318 e. The number of ether oxygens (including phenoxy) is 1. The highest BCUT2D eigenvalue weighted by molar-refractivity contribution is 9.10. The Hall–Kier alpha value is -1.25. The predicted molar refractivity (Wildman–Crippen MR) is 124 cm³/mol. The molecule has 170 valence electrons. The van der Waals surface area contributed by atoms with E-state index in [9.17, 15) is 8.78 Å². The van der Waals surface area contributed by atoms with Crippen molar-refractivity contribution in [2.75, 3.05) is 38.2 Å². The van der Waals surface area contributed by atoms with Gasteiger partial charge in [-0.1, -0.05) is 24.4 Å². The van der Waals surface area contributed by atoms with Crippen LogP contribution in [0.15, 0.2) is 10.5 Å². The molecule has 5 nitrogen and oxygen atoms in total. The normalized spacial score (nSPS) is 24.0. The van der Waals surface area contributed by atoms with E-state index < -0.39 is 12.0 Å². The largest absolute Gasteiger partial charge is 0.467 e. The molecule has 0 saturated carbocycles.